The summed E-state index contributed by atoms with van der Waals surface area (Å²) < 4.78 is 0. The lowest BCUT2D eigenvalue weighted by Gasteiger charge is -2.37. The predicted octanol–water partition coefficient (Wildman–Crippen LogP) is 4.22. The number of carbonyl (C=O) groups excluding carboxylic acids is 1. The first kappa shape index (κ1) is 13.5. The fourth-order valence-corrected chi connectivity index (χ4v) is 3.21. The Morgan fingerprint density at radius 3 is 2.35 bits per heavy atom. The van der Waals surface area contributed by atoms with Crippen molar-refractivity contribution < 1.29 is 4.79 Å². The Kier molecular flexibility index (Phi) is 3.68. The first-order chi connectivity index (χ1) is 9.77. The van der Waals surface area contributed by atoms with Gasteiger partial charge >= 0.3 is 0 Å². The summed E-state index contributed by atoms with van der Waals surface area (Å²) in [4.78, 5) is 14.0. The first-order valence-corrected chi connectivity index (χ1v) is 7.47. The van der Waals surface area contributed by atoms with Crippen molar-refractivity contribution in [2.24, 2.45) is 0 Å². The number of amides is 1. The number of halogens is 2. The second-order valence-electron chi connectivity index (χ2n) is 4.67. The van der Waals surface area contributed by atoms with E-state index in [2.05, 4.69) is 6.07 Å². The van der Waals surface area contributed by atoms with Crippen molar-refractivity contribution in [3.63, 3.8) is 0 Å². The average Bonchev–Trinajstić information content (AvgIpc) is 2.52. The standard InChI is InChI=1S/C16H13Cl2NO/c17-9-15-13-7-2-1-5-11(13)12-6-3-4-8-14(12)19(15)16(20)10-18/h1-8,15H,9-10H2. The predicted molar refractivity (Wildman–Crippen MR) is 83.5 cm³/mol. The van der Waals surface area contributed by atoms with Gasteiger partial charge in [-0.15, -0.1) is 23.2 Å². The van der Waals surface area contributed by atoms with Crippen LogP contribution < -0.4 is 4.90 Å². The molecule has 0 N–H and O–H groups in total. The Bertz CT molecular complexity index is 656. The highest BCUT2D eigenvalue weighted by Gasteiger charge is 2.33. The van der Waals surface area contributed by atoms with E-state index in [0.717, 1.165) is 22.4 Å². The van der Waals surface area contributed by atoms with Crippen LogP contribution in [0, 0.1) is 0 Å². The third kappa shape index (κ3) is 2.00. The molecule has 4 heteroatoms. The van der Waals surface area contributed by atoms with E-state index in [0.29, 0.717) is 5.88 Å². The van der Waals surface area contributed by atoms with E-state index in [1.165, 1.54) is 0 Å². The van der Waals surface area contributed by atoms with Gasteiger partial charge in [-0.1, -0.05) is 42.5 Å². The molecule has 0 radical (unpaired) electrons. The van der Waals surface area contributed by atoms with Gasteiger partial charge in [-0.2, -0.15) is 0 Å². The van der Waals surface area contributed by atoms with Crippen LogP contribution in [0.2, 0.25) is 0 Å². The molecule has 1 atom stereocenters. The summed E-state index contributed by atoms with van der Waals surface area (Å²) in [6.45, 7) is 0. The molecule has 0 aromatic heterocycles. The molecule has 1 heterocycles. The smallest absolute Gasteiger partial charge is 0.242 e. The number of rotatable bonds is 2. The Balaban J connectivity index is 2.27. The van der Waals surface area contributed by atoms with Crippen molar-refractivity contribution >= 4 is 34.8 Å². The summed E-state index contributed by atoms with van der Waals surface area (Å²) in [7, 11) is 0. The molecule has 0 spiro atoms. The number of fused-ring (bicyclic) bond motifs is 3. The van der Waals surface area contributed by atoms with Gasteiger partial charge in [0.15, 0.2) is 0 Å². The van der Waals surface area contributed by atoms with Crippen LogP contribution in [0.15, 0.2) is 48.5 Å². The normalized spacial score (nSPS) is 16.5. The molecule has 20 heavy (non-hydrogen) atoms. The SMILES string of the molecule is O=C(CCl)N1c2ccccc2-c2ccccc2C1CCl. The molecule has 1 amide bonds. The molecule has 2 aromatic rings. The Morgan fingerprint density at radius 2 is 1.65 bits per heavy atom. The number of hydrogen-bond donors (Lipinski definition) is 0. The van der Waals surface area contributed by atoms with Crippen LogP contribution in [0.4, 0.5) is 5.69 Å². The van der Waals surface area contributed by atoms with Crippen molar-refractivity contribution in [1.82, 2.24) is 0 Å². The highest BCUT2D eigenvalue weighted by atomic mass is 35.5. The number of alkyl halides is 2. The van der Waals surface area contributed by atoms with Crippen LogP contribution in [0.25, 0.3) is 11.1 Å². The van der Waals surface area contributed by atoms with Gasteiger partial charge in [0, 0.05) is 11.4 Å². The quantitative estimate of drug-likeness (QED) is 0.761. The van der Waals surface area contributed by atoms with Crippen molar-refractivity contribution in [3.05, 3.63) is 54.1 Å². The Labute approximate surface area is 127 Å². The van der Waals surface area contributed by atoms with E-state index >= 15 is 0 Å². The molecule has 0 fully saturated rings. The largest absolute Gasteiger partial charge is 0.302 e. The Morgan fingerprint density at radius 1 is 1.00 bits per heavy atom. The van der Waals surface area contributed by atoms with Gasteiger partial charge in [0.1, 0.15) is 5.88 Å². The number of benzene rings is 2. The zero-order valence-corrected chi connectivity index (χ0v) is 12.2. The zero-order chi connectivity index (χ0) is 14.1. The molecule has 3 rings (SSSR count). The second-order valence-corrected chi connectivity index (χ2v) is 5.25. The molecule has 1 aliphatic rings. The minimum Gasteiger partial charge on any atom is -0.302 e. The van der Waals surface area contributed by atoms with Crippen molar-refractivity contribution in [2.75, 3.05) is 16.7 Å². The minimum absolute atomic E-state index is 0.0517. The summed E-state index contributed by atoms with van der Waals surface area (Å²) in [6.07, 6.45) is 0. The summed E-state index contributed by atoms with van der Waals surface area (Å²) >= 11 is 11.9. The monoisotopic (exact) mass is 305 g/mol. The lowest BCUT2D eigenvalue weighted by Crippen LogP contribution is -2.39. The maximum Gasteiger partial charge on any atom is 0.242 e. The van der Waals surface area contributed by atoms with E-state index in [4.69, 9.17) is 23.2 Å². The van der Waals surface area contributed by atoms with Crippen molar-refractivity contribution in [2.45, 2.75) is 6.04 Å². The van der Waals surface area contributed by atoms with Crippen LogP contribution in [-0.2, 0) is 4.79 Å². The average molecular weight is 306 g/mol. The number of nitrogens with zero attached hydrogens (tertiary/aromatic N) is 1. The van der Waals surface area contributed by atoms with E-state index in [1.54, 1.807) is 4.90 Å². The topological polar surface area (TPSA) is 20.3 Å². The maximum atomic E-state index is 12.2. The molecule has 0 aliphatic carbocycles. The summed E-state index contributed by atoms with van der Waals surface area (Å²) in [5, 5.41) is 0. The van der Waals surface area contributed by atoms with Crippen molar-refractivity contribution in [1.29, 1.82) is 0 Å². The van der Waals surface area contributed by atoms with E-state index in [9.17, 15) is 4.79 Å². The minimum atomic E-state index is -0.172. The number of hydrogen-bond acceptors (Lipinski definition) is 1. The molecule has 2 nitrogen and oxygen atoms in total. The maximum absolute atomic E-state index is 12.2. The lowest BCUT2D eigenvalue weighted by molar-refractivity contribution is -0.116. The number of carbonyl (C=O) groups is 1. The zero-order valence-electron chi connectivity index (χ0n) is 10.7. The Hall–Kier alpha value is -1.51. The second kappa shape index (κ2) is 5.47. The van der Waals surface area contributed by atoms with E-state index < -0.39 is 0 Å². The van der Waals surface area contributed by atoms with E-state index in [1.807, 2.05) is 42.5 Å². The van der Waals surface area contributed by atoms with Gasteiger partial charge in [0.25, 0.3) is 0 Å². The summed E-state index contributed by atoms with van der Waals surface area (Å²) in [6, 6.07) is 15.7. The summed E-state index contributed by atoms with van der Waals surface area (Å²) in [5.41, 5.74) is 4.12. The third-order valence-corrected chi connectivity index (χ3v) is 4.14. The molecule has 2 aromatic carbocycles. The van der Waals surface area contributed by atoms with Gasteiger partial charge in [-0.25, -0.2) is 0 Å². The van der Waals surface area contributed by atoms with Crippen LogP contribution >= 0.6 is 23.2 Å². The molecular formula is C16H13Cl2NO. The van der Waals surface area contributed by atoms with Gasteiger partial charge in [0.2, 0.25) is 5.91 Å². The highest BCUT2D eigenvalue weighted by molar-refractivity contribution is 6.30. The molecule has 0 bridgehead atoms. The van der Waals surface area contributed by atoms with Crippen LogP contribution in [-0.4, -0.2) is 17.7 Å². The fraction of sp³-hybridized carbons (Fsp3) is 0.188. The lowest BCUT2D eigenvalue weighted by atomic mass is 9.89. The van der Waals surface area contributed by atoms with Gasteiger partial charge < -0.3 is 4.90 Å². The number of anilines is 1. The molecule has 0 saturated heterocycles. The molecular weight excluding hydrogens is 293 g/mol. The highest BCUT2D eigenvalue weighted by Crippen LogP contribution is 2.44. The van der Waals surface area contributed by atoms with Gasteiger partial charge in [0.05, 0.1) is 11.7 Å². The van der Waals surface area contributed by atoms with Crippen LogP contribution in [0.5, 0.6) is 0 Å². The third-order valence-electron chi connectivity index (χ3n) is 3.61. The molecule has 0 saturated carbocycles. The van der Waals surface area contributed by atoms with Crippen LogP contribution in [0.1, 0.15) is 11.6 Å². The summed E-state index contributed by atoms with van der Waals surface area (Å²) in [5.74, 6) is 0.164. The fourth-order valence-electron chi connectivity index (χ4n) is 2.78. The molecule has 1 aliphatic heterocycles. The van der Waals surface area contributed by atoms with Crippen molar-refractivity contribution in [3.8, 4) is 11.1 Å². The van der Waals surface area contributed by atoms with Gasteiger partial charge in [-0.05, 0) is 17.2 Å². The van der Waals surface area contributed by atoms with Crippen LogP contribution in [0.3, 0.4) is 0 Å². The molecule has 102 valence electrons. The first-order valence-electron chi connectivity index (χ1n) is 6.40. The van der Waals surface area contributed by atoms with E-state index in [-0.39, 0.29) is 17.8 Å². The number of para-hydroxylation sites is 1. The van der Waals surface area contributed by atoms with Gasteiger partial charge in [-0.3, -0.25) is 4.79 Å². The molecule has 1 unspecified atom stereocenters.